The molecule has 0 bridgehead atoms. The second-order valence-electron chi connectivity index (χ2n) is 8.29. The van der Waals surface area contributed by atoms with Gasteiger partial charge in [-0.15, -0.1) is 0 Å². The van der Waals surface area contributed by atoms with Crippen molar-refractivity contribution in [3.05, 3.63) is 65.0 Å². The van der Waals surface area contributed by atoms with E-state index in [1.54, 1.807) is 17.0 Å². The van der Waals surface area contributed by atoms with Crippen LogP contribution in [-0.2, 0) is 16.1 Å². The van der Waals surface area contributed by atoms with Gasteiger partial charge in [0.05, 0.1) is 13.1 Å². The number of hydrogen-bond donors (Lipinski definition) is 1. The first-order valence-corrected chi connectivity index (χ1v) is 10.6. The number of piperazine rings is 1. The second-order valence-corrected chi connectivity index (χ2v) is 8.29. The fraction of sp³-hybridized carbons (Fsp3) is 0.417. The normalized spacial score (nSPS) is 15.0. The molecule has 2 aromatic carbocycles. The smallest absolute Gasteiger partial charge is 0.238 e. The molecule has 166 valence electrons. The molecule has 0 aromatic heterocycles. The van der Waals surface area contributed by atoms with Gasteiger partial charge >= 0.3 is 0 Å². The van der Waals surface area contributed by atoms with Gasteiger partial charge in [-0.25, -0.2) is 4.39 Å². The molecule has 2 amide bonds. The van der Waals surface area contributed by atoms with Crippen molar-refractivity contribution < 1.29 is 14.0 Å². The van der Waals surface area contributed by atoms with Gasteiger partial charge in [0.25, 0.3) is 0 Å². The molecule has 0 atom stereocenters. The van der Waals surface area contributed by atoms with Crippen LogP contribution in [0.5, 0.6) is 0 Å². The van der Waals surface area contributed by atoms with Crippen LogP contribution in [0, 0.1) is 19.7 Å². The number of amides is 2. The predicted octanol–water partition coefficient (Wildman–Crippen LogP) is 2.66. The van der Waals surface area contributed by atoms with E-state index in [4.69, 9.17) is 0 Å². The summed E-state index contributed by atoms with van der Waals surface area (Å²) < 4.78 is 13.2. The number of nitrogens with one attached hydrogen (secondary N) is 1. The quantitative estimate of drug-likeness (QED) is 0.740. The molecular formula is C24H31FN4O2. The van der Waals surface area contributed by atoms with E-state index in [0.29, 0.717) is 31.9 Å². The number of carbonyl (C=O) groups excluding carboxylic acids is 2. The Balaban J connectivity index is 1.40. The third-order valence-electron chi connectivity index (χ3n) is 5.63. The van der Waals surface area contributed by atoms with E-state index in [-0.39, 0.29) is 24.2 Å². The van der Waals surface area contributed by atoms with Crippen LogP contribution in [0.2, 0.25) is 0 Å². The molecule has 0 unspecified atom stereocenters. The van der Waals surface area contributed by atoms with Gasteiger partial charge in [-0.1, -0.05) is 29.8 Å². The van der Waals surface area contributed by atoms with E-state index >= 15 is 0 Å². The first-order valence-electron chi connectivity index (χ1n) is 10.6. The highest BCUT2D eigenvalue weighted by Gasteiger charge is 2.22. The third kappa shape index (κ3) is 6.87. The van der Waals surface area contributed by atoms with Crippen LogP contribution < -0.4 is 5.32 Å². The zero-order valence-corrected chi connectivity index (χ0v) is 18.5. The van der Waals surface area contributed by atoms with Crippen LogP contribution in [0.1, 0.15) is 16.7 Å². The van der Waals surface area contributed by atoms with Crippen molar-refractivity contribution in [1.82, 2.24) is 14.7 Å². The van der Waals surface area contributed by atoms with Crippen molar-refractivity contribution in [2.45, 2.75) is 20.4 Å². The Morgan fingerprint density at radius 2 is 1.68 bits per heavy atom. The van der Waals surface area contributed by atoms with Crippen LogP contribution in [0.25, 0.3) is 0 Å². The maximum absolute atomic E-state index is 13.2. The Morgan fingerprint density at radius 1 is 1.00 bits per heavy atom. The van der Waals surface area contributed by atoms with Crippen LogP contribution in [0.15, 0.2) is 42.5 Å². The van der Waals surface area contributed by atoms with Crippen LogP contribution >= 0.6 is 0 Å². The van der Waals surface area contributed by atoms with Gasteiger partial charge in [-0.05, 0) is 43.2 Å². The summed E-state index contributed by atoms with van der Waals surface area (Å²) >= 11 is 0. The van der Waals surface area contributed by atoms with Gasteiger partial charge in [-0.3, -0.25) is 19.4 Å². The zero-order chi connectivity index (χ0) is 22.4. The molecule has 0 aliphatic carbocycles. The molecule has 1 fully saturated rings. The van der Waals surface area contributed by atoms with Gasteiger partial charge in [-0.2, -0.15) is 0 Å². The maximum atomic E-state index is 13.2. The molecule has 2 aromatic rings. The molecule has 0 radical (unpaired) electrons. The Morgan fingerprint density at radius 3 is 2.32 bits per heavy atom. The van der Waals surface area contributed by atoms with Crippen molar-refractivity contribution in [1.29, 1.82) is 0 Å². The minimum absolute atomic E-state index is 0.0947. The SMILES string of the molecule is Cc1ccc(CN(C)C(=O)CN2CCN(CC(=O)Nc3cccc(F)c3)CC2)c(C)c1. The van der Waals surface area contributed by atoms with E-state index in [1.807, 2.05) is 7.05 Å². The number of likely N-dealkylation sites (N-methyl/N-ethyl adjacent to an activating group) is 1. The summed E-state index contributed by atoms with van der Waals surface area (Å²) in [5.74, 6) is -0.445. The lowest BCUT2D eigenvalue weighted by Crippen LogP contribution is -2.51. The molecule has 1 heterocycles. The van der Waals surface area contributed by atoms with Crippen molar-refractivity contribution in [3.8, 4) is 0 Å². The average Bonchev–Trinajstić information content (AvgIpc) is 2.71. The number of benzene rings is 2. The molecule has 0 saturated carbocycles. The lowest BCUT2D eigenvalue weighted by atomic mass is 10.1. The number of hydrogen-bond acceptors (Lipinski definition) is 4. The van der Waals surface area contributed by atoms with Crippen molar-refractivity contribution in [3.63, 3.8) is 0 Å². The molecule has 1 aliphatic heterocycles. The van der Waals surface area contributed by atoms with Crippen molar-refractivity contribution in [2.24, 2.45) is 0 Å². The third-order valence-corrected chi connectivity index (χ3v) is 5.63. The lowest BCUT2D eigenvalue weighted by molar-refractivity contribution is -0.132. The van der Waals surface area contributed by atoms with E-state index in [9.17, 15) is 14.0 Å². The fourth-order valence-electron chi connectivity index (χ4n) is 3.75. The van der Waals surface area contributed by atoms with Crippen molar-refractivity contribution in [2.75, 3.05) is 51.6 Å². The first kappa shape index (κ1) is 22.9. The highest BCUT2D eigenvalue weighted by atomic mass is 19.1. The minimum Gasteiger partial charge on any atom is -0.340 e. The number of halogens is 1. The highest BCUT2D eigenvalue weighted by Crippen LogP contribution is 2.13. The predicted molar refractivity (Wildman–Crippen MR) is 120 cm³/mol. The largest absolute Gasteiger partial charge is 0.340 e. The minimum atomic E-state index is -0.376. The summed E-state index contributed by atoms with van der Waals surface area (Å²) in [4.78, 5) is 30.8. The van der Waals surface area contributed by atoms with Gasteiger partial charge in [0.1, 0.15) is 5.82 Å². The molecule has 1 saturated heterocycles. The Kier molecular flexibility index (Phi) is 7.76. The molecule has 31 heavy (non-hydrogen) atoms. The zero-order valence-electron chi connectivity index (χ0n) is 18.5. The first-order chi connectivity index (χ1) is 14.8. The summed E-state index contributed by atoms with van der Waals surface area (Å²) in [6.07, 6.45) is 0. The lowest BCUT2D eigenvalue weighted by Gasteiger charge is -2.34. The van der Waals surface area contributed by atoms with E-state index in [2.05, 4.69) is 47.2 Å². The summed E-state index contributed by atoms with van der Waals surface area (Å²) in [5.41, 5.74) is 4.04. The van der Waals surface area contributed by atoms with Crippen LogP contribution in [0.4, 0.5) is 10.1 Å². The van der Waals surface area contributed by atoms with Gasteiger partial charge in [0.2, 0.25) is 11.8 Å². The van der Waals surface area contributed by atoms with E-state index in [0.717, 1.165) is 18.7 Å². The van der Waals surface area contributed by atoms with Gasteiger partial charge in [0.15, 0.2) is 0 Å². The molecule has 0 spiro atoms. The molecule has 3 rings (SSSR count). The topological polar surface area (TPSA) is 55.9 Å². The van der Waals surface area contributed by atoms with Gasteiger partial charge < -0.3 is 10.2 Å². The number of carbonyl (C=O) groups is 2. The fourth-order valence-corrected chi connectivity index (χ4v) is 3.75. The van der Waals surface area contributed by atoms with Gasteiger partial charge in [0, 0.05) is 45.5 Å². The molecule has 6 nitrogen and oxygen atoms in total. The Hall–Kier alpha value is -2.77. The van der Waals surface area contributed by atoms with Crippen LogP contribution in [-0.4, -0.2) is 72.8 Å². The number of nitrogens with zero attached hydrogens (tertiary/aromatic N) is 3. The molecule has 7 heteroatoms. The molecular weight excluding hydrogens is 395 g/mol. The van der Waals surface area contributed by atoms with Crippen LogP contribution in [0.3, 0.4) is 0 Å². The summed E-state index contributed by atoms with van der Waals surface area (Å²) in [7, 11) is 1.84. The molecule has 1 aliphatic rings. The average molecular weight is 427 g/mol. The Bertz CT molecular complexity index is 926. The maximum Gasteiger partial charge on any atom is 0.238 e. The second kappa shape index (κ2) is 10.5. The highest BCUT2D eigenvalue weighted by molar-refractivity contribution is 5.92. The number of rotatable bonds is 7. The number of aryl methyl sites for hydroxylation is 2. The summed E-state index contributed by atoms with van der Waals surface area (Å²) in [5, 5.41) is 2.72. The monoisotopic (exact) mass is 426 g/mol. The summed E-state index contributed by atoms with van der Waals surface area (Å²) in [6, 6.07) is 12.2. The Labute approximate surface area is 183 Å². The van der Waals surface area contributed by atoms with E-state index in [1.165, 1.54) is 23.3 Å². The molecule has 1 N–H and O–H groups in total. The standard InChI is InChI=1S/C24H31FN4O2/c1-18-7-8-20(19(2)13-18)15-27(3)24(31)17-29-11-9-28(10-12-29)16-23(30)26-22-6-4-5-21(25)14-22/h4-8,13-14H,9-12,15-17H2,1-3H3,(H,26,30). The number of anilines is 1. The van der Waals surface area contributed by atoms with E-state index < -0.39 is 0 Å². The summed E-state index contributed by atoms with van der Waals surface area (Å²) in [6.45, 7) is 8.27. The van der Waals surface area contributed by atoms with Crippen molar-refractivity contribution >= 4 is 17.5 Å².